The number of halogens is 3. The summed E-state index contributed by atoms with van der Waals surface area (Å²) in [7, 11) is 2.20. The highest BCUT2D eigenvalue weighted by Gasteiger charge is 2.38. The molecule has 6 rings (SSSR count). The second-order valence-corrected chi connectivity index (χ2v) is 11.1. The predicted octanol–water partition coefficient (Wildman–Crippen LogP) is 5.52. The van der Waals surface area contributed by atoms with Gasteiger partial charge in [-0.1, -0.05) is 48.2 Å². The maximum Gasteiger partial charge on any atom is 0.490 e. The maximum atomic E-state index is 10.6. The first kappa shape index (κ1) is 29.4. The van der Waals surface area contributed by atoms with Gasteiger partial charge in [0.2, 0.25) is 0 Å². The number of alkyl halides is 3. The molecule has 0 atom stereocenters. The topological polar surface area (TPSA) is 81.7 Å². The van der Waals surface area contributed by atoms with Gasteiger partial charge < -0.3 is 14.7 Å². The van der Waals surface area contributed by atoms with Crippen LogP contribution in [0.5, 0.6) is 5.75 Å². The minimum Gasteiger partial charge on any atom is -0.481 e. The molecule has 2 N–H and O–H groups in total. The molecule has 1 aliphatic carbocycles. The summed E-state index contributed by atoms with van der Waals surface area (Å²) >= 11 is 1.70. The molecule has 1 saturated heterocycles. The van der Waals surface area contributed by atoms with Crippen LogP contribution >= 0.6 is 11.3 Å². The second kappa shape index (κ2) is 12.8. The van der Waals surface area contributed by atoms with E-state index in [9.17, 15) is 13.2 Å². The molecule has 0 amide bonds. The van der Waals surface area contributed by atoms with Gasteiger partial charge in [-0.05, 0) is 42.4 Å². The number of para-hydroxylation sites is 1. The summed E-state index contributed by atoms with van der Waals surface area (Å²) in [6, 6.07) is 20.9. The van der Waals surface area contributed by atoms with Crippen LogP contribution < -0.4 is 4.74 Å². The molecule has 0 spiro atoms. The number of ether oxygens (including phenoxy) is 1. The number of carboxylic acid groups (broad SMARTS) is 1. The molecular formula is C31H29F3N4O3S. The molecule has 2 aromatic heterocycles. The largest absolute Gasteiger partial charge is 0.490 e. The Morgan fingerprint density at radius 2 is 1.83 bits per heavy atom. The van der Waals surface area contributed by atoms with Gasteiger partial charge in [-0.3, -0.25) is 10.00 Å². The lowest BCUT2D eigenvalue weighted by molar-refractivity contribution is -0.192. The normalized spacial score (nSPS) is 14.7. The highest BCUT2D eigenvalue weighted by molar-refractivity contribution is 7.16. The summed E-state index contributed by atoms with van der Waals surface area (Å²) in [6.07, 6.45) is -4.16. The number of aromatic nitrogens is 2. The van der Waals surface area contributed by atoms with Crippen LogP contribution in [0.3, 0.4) is 0 Å². The first-order valence-corrected chi connectivity index (χ1v) is 14.2. The number of hydrogen-bond acceptors (Lipinski definition) is 6. The fraction of sp³-hybridized carbons (Fsp3) is 0.290. The summed E-state index contributed by atoms with van der Waals surface area (Å²) in [5.41, 5.74) is 7.56. The van der Waals surface area contributed by atoms with Crippen molar-refractivity contribution in [2.45, 2.75) is 19.1 Å². The first-order chi connectivity index (χ1) is 20.2. The Morgan fingerprint density at radius 3 is 2.55 bits per heavy atom. The van der Waals surface area contributed by atoms with Gasteiger partial charge in [-0.15, -0.1) is 11.3 Å². The van der Waals surface area contributed by atoms with Gasteiger partial charge in [0, 0.05) is 50.3 Å². The van der Waals surface area contributed by atoms with Crippen molar-refractivity contribution in [1.29, 1.82) is 0 Å². The van der Waals surface area contributed by atoms with Crippen molar-refractivity contribution >= 4 is 17.3 Å². The van der Waals surface area contributed by atoms with Crippen LogP contribution in [-0.4, -0.2) is 77.1 Å². The van der Waals surface area contributed by atoms with Crippen LogP contribution in [0.15, 0.2) is 60.7 Å². The van der Waals surface area contributed by atoms with E-state index in [1.807, 2.05) is 30.3 Å². The molecule has 0 radical (unpaired) electrons. The van der Waals surface area contributed by atoms with Crippen LogP contribution in [-0.2, 0) is 17.8 Å². The van der Waals surface area contributed by atoms with Crippen molar-refractivity contribution in [3.63, 3.8) is 0 Å². The zero-order valence-electron chi connectivity index (χ0n) is 22.9. The Kier molecular flexibility index (Phi) is 8.97. The molecule has 1 aliphatic heterocycles. The van der Waals surface area contributed by atoms with Crippen LogP contribution in [0.25, 0.3) is 21.8 Å². The van der Waals surface area contributed by atoms with Gasteiger partial charge in [0.15, 0.2) is 0 Å². The third-order valence-corrected chi connectivity index (χ3v) is 8.04. The number of benzene rings is 2. The number of nitrogens with zero attached hydrogens (tertiary/aromatic N) is 3. The predicted molar refractivity (Wildman–Crippen MR) is 155 cm³/mol. The molecule has 7 nitrogen and oxygen atoms in total. The van der Waals surface area contributed by atoms with Crippen molar-refractivity contribution in [1.82, 2.24) is 20.0 Å². The van der Waals surface area contributed by atoms with E-state index in [1.165, 1.54) is 27.1 Å². The number of aliphatic carboxylic acids is 1. The maximum absolute atomic E-state index is 10.6. The van der Waals surface area contributed by atoms with Crippen LogP contribution in [0.4, 0.5) is 13.2 Å². The van der Waals surface area contributed by atoms with Gasteiger partial charge >= 0.3 is 12.1 Å². The fourth-order valence-corrected chi connectivity index (χ4v) is 5.74. The van der Waals surface area contributed by atoms with E-state index in [1.54, 1.807) is 11.3 Å². The smallest absolute Gasteiger partial charge is 0.481 e. The van der Waals surface area contributed by atoms with Crippen molar-refractivity contribution in [2.24, 2.45) is 0 Å². The molecule has 0 bridgehead atoms. The van der Waals surface area contributed by atoms with E-state index in [0.717, 1.165) is 61.2 Å². The number of H-pyrrole nitrogens is 1. The number of likely N-dealkylation sites (N-methyl/N-ethyl adjacent to an activating group) is 1. The third kappa shape index (κ3) is 7.20. The average molecular weight is 595 g/mol. The molecule has 3 heterocycles. The SMILES string of the molecule is CN1CCN(Cc2ccc3c(c2)Cc2c-3n[nH]c2-c2ccc(C#CCOc3ccccc3)s2)CC1.O=C(O)C(F)(F)F. The lowest BCUT2D eigenvalue weighted by Gasteiger charge is -2.32. The number of carboxylic acids is 1. The van der Waals surface area contributed by atoms with Crippen molar-refractivity contribution < 1.29 is 27.8 Å². The Bertz CT molecular complexity index is 1600. The highest BCUT2D eigenvalue weighted by Crippen LogP contribution is 2.42. The number of carbonyl (C=O) groups is 1. The Labute approximate surface area is 245 Å². The van der Waals surface area contributed by atoms with Gasteiger partial charge in [0.25, 0.3) is 0 Å². The zero-order valence-corrected chi connectivity index (χ0v) is 23.7. The van der Waals surface area contributed by atoms with Gasteiger partial charge in [0.1, 0.15) is 12.4 Å². The van der Waals surface area contributed by atoms with Gasteiger partial charge in [-0.2, -0.15) is 18.3 Å². The van der Waals surface area contributed by atoms with Crippen LogP contribution in [0.1, 0.15) is 21.6 Å². The van der Waals surface area contributed by atoms with Crippen molar-refractivity contribution in [3.8, 4) is 39.4 Å². The lowest BCUT2D eigenvalue weighted by Crippen LogP contribution is -2.43. The lowest BCUT2D eigenvalue weighted by atomic mass is 10.0. The highest BCUT2D eigenvalue weighted by atomic mass is 32.1. The summed E-state index contributed by atoms with van der Waals surface area (Å²) in [6.45, 7) is 5.98. The number of hydrogen-bond donors (Lipinski definition) is 2. The molecular weight excluding hydrogens is 565 g/mol. The average Bonchev–Trinajstić information content (AvgIpc) is 3.68. The Morgan fingerprint density at radius 1 is 1.10 bits per heavy atom. The van der Waals surface area contributed by atoms with E-state index >= 15 is 0 Å². The minimum absolute atomic E-state index is 0.377. The van der Waals surface area contributed by atoms with E-state index in [4.69, 9.17) is 19.7 Å². The van der Waals surface area contributed by atoms with Gasteiger partial charge in [0.05, 0.1) is 21.1 Å². The number of piperazine rings is 1. The third-order valence-electron chi connectivity index (χ3n) is 7.02. The van der Waals surface area contributed by atoms with Gasteiger partial charge in [-0.25, -0.2) is 4.79 Å². The fourth-order valence-electron chi connectivity index (χ4n) is 4.84. The molecule has 218 valence electrons. The van der Waals surface area contributed by atoms with Crippen molar-refractivity contribution in [3.05, 3.63) is 82.2 Å². The summed E-state index contributed by atoms with van der Waals surface area (Å²) in [4.78, 5) is 16.1. The summed E-state index contributed by atoms with van der Waals surface area (Å²) in [5, 5.41) is 15.1. The molecule has 11 heteroatoms. The standard InChI is InChI=1S/C29H28N4OS.C2HF3O2/c1-32-13-15-33(16-14-32)20-21-9-11-25-22(18-21)19-26-28(25)30-31-29(26)27-12-10-24(35-27)8-5-17-34-23-6-3-2-4-7-23;3-2(4,5)1(6)7/h2-4,6-7,9-12,18H,13-17,19-20H2,1H3,(H,30,31);(H,6,7). The molecule has 2 aromatic carbocycles. The number of thiophene rings is 1. The number of aromatic amines is 1. The second-order valence-electron chi connectivity index (χ2n) is 10.0. The molecule has 0 unspecified atom stereocenters. The Balaban J connectivity index is 0.000000451. The number of nitrogens with one attached hydrogen (secondary N) is 1. The summed E-state index contributed by atoms with van der Waals surface area (Å²) in [5.74, 6) is 4.44. The van der Waals surface area contributed by atoms with E-state index in [2.05, 4.69) is 64.1 Å². The molecule has 0 saturated carbocycles. The van der Waals surface area contributed by atoms with E-state index in [0.29, 0.717) is 6.61 Å². The molecule has 1 fully saturated rings. The van der Waals surface area contributed by atoms with E-state index < -0.39 is 12.1 Å². The number of fused-ring (bicyclic) bond motifs is 3. The molecule has 2 aliphatic rings. The van der Waals surface area contributed by atoms with Crippen LogP contribution in [0, 0.1) is 11.8 Å². The molecule has 42 heavy (non-hydrogen) atoms. The van der Waals surface area contributed by atoms with E-state index in [-0.39, 0.29) is 0 Å². The summed E-state index contributed by atoms with van der Waals surface area (Å²) < 4.78 is 37.4. The number of rotatable bonds is 5. The minimum atomic E-state index is -5.08. The quantitative estimate of drug-likeness (QED) is 0.261. The zero-order chi connectivity index (χ0) is 29.7. The first-order valence-electron chi connectivity index (χ1n) is 13.3. The molecule has 4 aromatic rings. The van der Waals surface area contributed by atoms with Crippen LogP contribution in [0.2, 0.25) is 0 Å². The Hall–Kier alpha value is -4.11. The van der Waals surface area contributed by atoms with Crippen molar-refractivity contribution in [2.75, 3.05) is 39.8 Å². The monoisotopic (exact) mass is 594 g/mol.